The van der Waals surface area contributed by atoms with Crippen molar-refractivity contribution in [3.8, 4) is 0 Å². The molecule has 2 aromatic carbocycles. The Morgan fingerprint density at radius 2 is 1.67 bits per heavy atom. The third kappa shape index (κ3) is 2.17. The van der Waals surface area contributed by atoms with E-state index in [1.807, 2.05) is 60.7 Å². The van der Waals surface area contributed by atoms with E-state index in [9.17, 15) is 4.79 Å². The summed E-state index contributed by atoms with van der Waals surface area (Å²) in [6, 6.07) is 17.7. The van der Waals surface area contributed by atoms with E-state index in [0.717, 1.165) is 16.1 Å². The van der Waals surface area contributed by atoms with Gasteiger partial charge in [0.25, 0.3) is 0 Å². The Hall–Kier alpha value is -2.00. The first-order chi connectivity index (χ1) is 8.83. The van der Waals surface area contributed by atoms with Gasteiger partial charge < -0.3 is 5.32 Å². The summed E-state index contributed by atoms with van der Waals surface area (Å²) in [7, 11) is 0. The molecule has 1 aliphatic heterocycles. The van der Waals surface area contributed by atoms with E-state index >= 15 is 0 Å². The Balaban J connectivity index is 1.96. The fourth-order valence-corrected chi connectivity index (χ4v) is 2.62. The number of rotatable bonds is 1. The van der Waals surface area contributed by atoms with Crippen LogP contribution in [0.5, 0.6) is 0 Å². The molecule has 0 spiro atoms. The van der Waals surface area contributed by atoms with Crippen LogP contribution in [0.1, 0.15) is 5.56 Å². The number of carbonyl (C=O) groups excluding carboxylic acids is 1. The normalized spacial score (nSPS) is 16.2. The summed E-state index contributed by atoms with van der Waals surface area (Å²) < 4.78 is 0. The molecule has 1 N–H and O–H groups in total. The monoisotopic (exact) mass is 253 g/mol. The number of nitrogens with one attached hydrogen (secondary N) is 1. The first kappa shape index (κ1) is 11.1. The van der Waals surface area contributed by atoms with Crippen molar-refractivity contribution >= 4 is 28.6 Å². The standard InChI is InChI=1S/C15H11NOS/c17-15-13(10-11-6-2-1-3-7-11)16-12-8-4-5-9-14(12)18-15/h1-10,16H/b13-10+. The molecule has 0 aromatic heterocycles. The number of thioether (sulfide) groups is 1. The smallest absolute Gasteiger partial charge is 0.240 e. The largest absolute Gasteiger partial charge is 0.351 e. The van der Waals surface area contributed by atoms with Crippen molar-refractivity contribution in [3.05, 3.63) is 65.9 Å². The van der Waals surface area contributed by atoms with Crippen LogP contribution in [0.25, 0.3) is 6.08 Å². The molecule has 0 unspecified atom stereocenters. The van der Waals surface area contributed by atoms with Crippen molar-refractivity contribution in [1.29, 1.82) is 0 Å². The Labute approximate surface area is 110 Å². The van der Waals surface area contributed by atoms with E-state index in [0.29, 0.717) is 5.70 Å². The zero-order valence-corrected chi connectivity index (χ0v) is 10.4. The highest BCUT2D eigenvalue weighted by Crippen LogP contribution is 2.35. The number of hydrogen-bond donors (Lipinski definition) is 1. The van der Waals surface area contributed by atoms with Crippen LogP contribution in [0.3, 0.4) is 0 Å². The second-order valence-electron chi connectivity index (χ2n) is 3.98. The van der Waals surface area contributed by atoms with Gasteiger partial charge in [0.2, 0.25) is 5.12 Å². The van der Waals surface area contributed by atoms with E-state index in [1.165, 1.54) is 11.8 Å². The molecule has 0 aliphatic carbocycles. The van der Waals surface area contributed by atoms with E-state index in [1.54, 1.807) is 0 Å². The first-order valence-corrected chi connectivity index (χ1v) is 6.49. The number of para-hydroxylation sites is 1. The van der Waals surface area contributed by atoms with Gasteiger partial charge in [0, 0.05) is 4.90 Å². The van der Waals surface area contributed by atoms with E-state index in [2.05, 4.69) is 5.32 Å². The Morgan fingerprint density at radius 3 is 2.50 bits per heavy atom. The molecule has 0 saturated carbocycles. The first-order valence-electron chi connectivity index (χ1n) is 5.68. The molecule has 0 saturated heterocycles. The molecular formula is C15H11NOS. The third-order valence-electron chi connectivity index (χ3n) is 2.69. The van der Waals surface area contributed by atoms with E-state index in [-0.39, 0.29) is 5.12 Å². The van der Waals surface area contributed by atoms with Gasteiger partial charge in [-0.25, -0.2) is 0 Å². The van der Waals surface area contributed by atoms with Gasteiger partial charge in [-0.05, 0) is 35.5 Å². The number of hydrogen-bond acceptors (Lipinski definition) is 3. The highest BCUT2D eigenvalue weighted by molar-refractivity contribution is 8.14. The molecule has 0 atom stereocenters. The summed E-state index contributed by atoms with van der Waals surface area (Å²) in [4.78, 5) is 13.0. The lowest BCUT2D eigenvalue weighted by Gasteiger charge is -2.18. The Bertz CT molecular complexity index is 619. The van der Waals surface area contributed by atoms with Gasteiger partial charge in [-0.15, -0.1) is 0 Å². The van der Waals surface area contributed by atoms with Crippen molar-refractivity contribution in [2.45, 2.75) is 4.90 Å². The van der Waals surface area contributed by atoms with Gasteiger partial charge in [0.05, 0.1) is 11.4 Å². The molecule has 0 bridgehead atoms. The Kier molecular flexibility index (Phi) is 2.90. The second-order valence-corrected chi connectivity index (χ2v) is 4.99. The predicted molar refractivity (Wildman–Crippen MR) is 75.3 cm³/mol. The molecule has 3 heteroatoms. The van der Waals surface area contributed by atoms with Gasteiger partial charge in [0.1, 0.15) is 0 Å². The second kappa shape index (κ2) is 4.70. The minimum Gasteiger partial charge on any atom is -0.351 e. The van der Waals surface area contributed by atoms with Crippen LogP contribution in [0, 0.1) is 0 Å². The average Bonchev–Trinajstić information content (AvgIpc) is 2.41. The lowest BCUT2D eigenvalue weighted by atomic mass is 10.2. The minimum absolute atomic E-state index is 0.0533. The van der Waals surface area contributed by atoms with Crippen LogP contribution in [0.2, 0.25) is 0 Å². The molecule has 1 aliphatic rings. The molecule has 0 radical (unpaired) electrons. The van der Waals surface area contributed by atoms with Crippen LogP contribution in [0.15, 0.2) is 65.2 Å². The number of anilines is 1. The Morgan fingerprint density at radius 1 is 0.944 bits per heavy atom. The summed E-state index contributed by atoms with van der Waals surface area (Å²) in [5, 5.41) is 3.24. The number of carbonyl (C=O) groups is 1. The summed E-state index contributed by atoms with van der Waals surface area (Å²) in [5.74, 6) is 0. The van der Waals surface area contributed by atoms with Gasteiger partial charge in [-0.1, -0.05) is 42.5 Å². The molecule has 88 valence electrons. The summed E-state index contributed by atoms with van der Waals surface area (Å²) >= 11 is 1.27. The van der Waals surface area contributed by atoms with Crippen LogP contribution >= 0.6 is 11.8 Å². The lowest BCUT2D eigenvalue weighted by molar-refractivity contribution is -0.107. The van der Waals surface area contributed by atoms with Crippen molar-refractivity contribution < 1.29 is 4.79 Å². The van der Waals surface area contributed by atoms with E-state index in [4.69, 9.17) is 0 Å². The maximum Gasteiger partial charge on any atom is 0.240 e. The van der Waals surface area contributed by atoms with Gasteiger partial charge in [-0.3, -0.25) is 4.79 Å². The average molecular weight is 253 g/mol. The fraction of sp³-hybridized carbons (Fsp3) is 0. The molecular weight excluding hydrogens is 242 g/mol. The maximum absolute atomic E-state index is 12.0. The van der Waals surface area contributed by atoms with Crippen molar-refractivity contribution in [1.82, 2.24) is 0 Å². The molecule has 2 aromatic rings. The van der Waals surface area contributed by atoms with Gasteiger partial charge in [-0.2, -0.15) is 0 Å². The lowest BCUT2D eigenvalue weighted by Crippen LogP contribution is -2.13. The van der Waals surface area contributed by atoms with E-state index < -0.39 is 0 Å². The SMILES string of the molecule is O=C1Sc2ccccc2N/C1=C/c1ccccc1. The maximum atomic E-state index is 12.0. The van der Waals surface area contributed by atoms with Gasteiger partial charge >= 0.3 is 0 Å². The van der Waals surface area contributed by atoms with Crippen molar-refractivity contribution in [2.75, 3.05) is 5.32 Å². The van der Waals surface area contributed by atoms with Crippen molar-refractivity contribution in [3.63, 3.8) is 0 Å². The summed E-state index contributed by atoms with van der Waals surface area (Å²) in [5.41, 5.74) is 2.64. The van der Waals surface area contributed by atoms with Crippen LogP contribution in [-0.4, -0.2) is 5.12 Å². The molecule has 3 rings (SSSR count). The van der Waals surface area contributed by atoms with Crippen molar-refractivity contribution in [2.24, 2.45) is 0 Å². The fourth-order valence-electron chi connectivity index (χ4n) is 1.82. The zero-order chi connectivity index (χ0) is 12.4. The number of benzene rings is 2. The van der Waals surface area contributed by atoms with Crippen LogP contribution in [-0.2, 0) is 4.79 Å². The zero-order valence-electron chi connectivity index (χ0n) is 9.59. The third-order valence-corrected chi connectivity index (χ3v) is 3.67. The topological polar surface area (TPSA) is 29.1 Å². The highest BCUT2D eigenvalue weighted by Gasteiger charge is 2.20. The molecule has 1 heterocycles. The molecule has 2 nitrogen and oxygen atoms in total. The molecule has 0 amide bonds. The summed E-state index contributed by atoms with van der Waals surface area (Å²) in [6.45, 7) is 0. The van der Waals surface area contributed by atoms with Gasteiger partial charge in [0.15, 0.2) is 0 Å². The minimum atomic E-state index is 0.0533. The van der Waals surface area contributed by atoms with Crippen LogP contribution < -0.4 is 5.32 Å². The quantitative estimate of drug-likeness (QED) is 0.784. The predicted octanol–water partition coefficient (Wildman–Crippen LogP) is 3.77. The highest BCUT2D eigenvalue weighted by atomic mass is 32.2. The molecule has 18 heavy (non-hydrogen) atoms. The molecule has 0 fully saturated rings. The number of fused-ring (bicyclic) bond motifs is 1. The summed E-state index contributed by atoms with van der Waals surface area (Å²) in [6.07, 6.45) is 1.88. The van der Waals surface area contributed by atoms with Crippen LogP contribution in [0.4, 0.5) is 5.69 Å².